The van der Waals surface area contributed by atoms with Crippen molar-refractivity contribution in [3.8, 4) is 0 Å². The molecular formula is C6H14OSi. The lowest BCUT2D eigenvalue weighted by Crippen LogP contribution is -2.11. The van der Waals surface area contributed by atoms with Crippen LogP contribution in [0.5, 0.6) is 0 Å². The number of hydrogen-bond acceptors (Lipinski definition) is 1. The van der Waals surface area contributed by atoms with Crippen molar-refractivity contribution in [2.75, 3.05) is 0 Å². The van der Waals surface area contributed by atoms with Crippen molar-refractivity contribution in [3.63, 3.8) is 0 Å². The van der Waals surface area contributed by atoms with Crippen LogP contribution in [0.25, 0.3) is 0 Å². The molecular weight excluding hydrogens is 116 g/mol. The molecule has 0 spiro atoms. The van der Waals surface area contributed by atoms with E-state index in [2.05, 4.69) is 20.8 Å². The fourth-order valence-electron chi connectivity index (χ4n) is 0.681. The minimum Gasteiger partial charge on any atom is -0.431 e. The summed E-state index contributed by atoms with van der Waals surface area (Å²) in [6, 6.07) is 0. The topological polar surface area (TPSA) is 20.2 Å². The average Bonchev–Trinajstić information content (AvgIpc) is 1.67. The highest BCUT2D eigenvalue weighted by Gasteiger charge is 2.15. The Balaban J connectivity index is 3.37. The molecule has 0 amide bonds. The van der Waals surface area contributed by atoms with E-state index in [1.54, 1.807) is 0 Å². The zero-order chi connectivity index (χ0) is 6.62. The van der Waals surface area contributed by atoms with E-state index in [9.17, 15) is 0 Å². The molecule has 0 aromatic rings. The summed E-state index contributed by atoms with van der Waals surface area (Å²) in [6.45, 7) is 6.33. The maximum absolute atomic E-state index is 8.75. The maximum atomic E-state index is 8.75. The molecule has 0 aromatic carbocycles. The van der Waals surface area contributed by atoms with Crippen LogP contribution in [0.15, 0.2) is 0 Å². The van der Waals surface area contributed by atoms with E-state index in [1.807, 2.05) is 0 Å². The Labute approximate surface area is 54.1 Å². The SMILES string of the molecule is CCCC(C)(C)[Si]O. The molecule has 0 heterocycles. The monoisotopic (exact) mass is 130 g/mol. The van der Waals surface area contributed by atoms with Crippen molar-refractivity contribution >= 4 is 9.76 Å². The molecule has 0 bridgehead atoms. The summed E-state index contributed by atoms with van der Waals surface area (Å²) in [7, 11) is 0.0913. The molecule has 8 heavy (non-hydrogen) atoms. The van der Waals surface area contributed by atoms with Crippen LogP contribution in [0.3, 0.4) is 0 Å². The number of rotatable bonds is 3. The van der Waals surface area contributed by atoms with Gasteiger partial charge in [0.15, 0.2) is 0 Å². The van der Waals surface area contributed by atoms with Crippen molar-refractivity contribution in [3.05, 3.63) is 0 Å². The van der Waals surface area contributed by atoms with E-state index in [1.165, 1.54) is 6.42 Å². The second-order valence-corrected chi connectivity index (χ2v) is 4.32. The molecule has 0 aliphatic heterocycles. The van der Waals surface area contributed by atoms with Gasteiger partial charge in [0.25, 0.3) is 0 Å². The predicted octanol–water partition coefficient (Wildman–Crippen LogP) is 1.60. The second-order valence-electron chi connectivity index (χ2n) is 2.75. The Morgan fingerprint density at radius 2 is 2.00 bits per heavy atom. The van der Waals surface area contributed by atoms with Crippen LogP contribution < -0.4 is 0 Å². The lowest BCUT2D eigenvalue weighted by Gasteiger charge is -2.17. The van der Waals surface area contributed by atoms with Crippen LogP contribution in [-0.2, 0) is 0 Å². The van der Waals surface area contributed by atoms with Crippen molar-refractivity contribution in [2.45, 2.75) is 38.7 Å². The van der Waals surface area contributed by atoms with Crippen LogP contribution in [0.1, 0.15) is 33.6 Å². The van der Waals surface area contributed by atoms with Crippen LogP contribution in [0.2, 0.25) is 5.04 Å². The lowest BCUT2D eigenvalue weighted by atomic mass is 10.1. The highest BCUT2D eigenvalue weighted by molar-refractivity contribution is 6.30. The number of hydrogen-bond donors (Lipinski definition) is 1. The van der Waals surface area contributed by atoms with Gasteiger partial charge in [-0.1, -0.05) is 27.2 Å². The zero-order valence-corrected chi connectivity index (χ0v) is 6.86. The van der Waals surface area contributed by atoms with Gasteiger partial charge >= 0.3 is 0 Å². The summed E-state index contributed by atoms with van der Waals surface area (Å²) in [5.41, 5.74) is 0. The van der Waals surface area contributed by atoms with Crippen LogP contribution in [0.4, 0.5) is 0 Å². The highest BCUT2D eigenvalue weighted by Crippen LogP contribution is 2.27. The molecule has 0 unspecified atom stereocenters. The minimum atomic E-state index is 0.0913. The molecule has 2 heteroatoms. The van der Waals surface area contributed by atoms with E-state index >= 15 is 0 Å². The first kappa shape index (κ1) is 8.18. The van der Waals surface area contributed by atoms with E-state index < -0.39 is 0 Å². The van der Waals surface area contributed by atoms with Gasteiger partial charge in [0, 0.05) is 0 Å². The first-order valence-corrected chi connectivity index (χ1v) is 3.98. The first-order chi connectivity index (χ1) is 3.62. The van der Waals surface area contributed by atoms with Gasteiger partial charge in [-0.2, -0.15) is 0 Å². The van der Waals surface area contributed by atoms with Crippen LogP contribution in [0, 0.1) is 0 Å². The smallest absolute Gasteiger partial charge is 0.230 e. The van der Waals surface area contributed by atoms with Crippen molar-refractivity contribution in [2.24, 2.45) is 0 Å². The van der Waals surface area contributed by atoms with Crippen LogP contribution >= 0.6 is 0 Å². The van der Waals surface area contributed by atoms with Crippen LogP contribution in [-0.4, -0.2) is 14.6 Å². The molecule has 48 valence electrons. The molecule has 1 N–H and O–H groups in total. The molecule has 0 saturated carbocycles. The van der Waals surface area contributed by atoms with Gasteiger partial charge in [-0.25, -0.2) is 0 Å². The van der Waals surface area contributed by atoms with E-state index in [-0.39, 0.29) is 14.8 Å². The molecule has 0 atom stereocenters. The molecule has 0 rings (SSSR count). The summed E-state index contributed by atoms with van der Waals surface area (Å²) in [5.74, 6) is 0. The van der Waals surface area contributed by atoms with E-state index in [0.717, 1.165) is 6.42 Å². The Morgan fingerprint density at radius 3 is 2.12 bits per heavy atom. The standard InChI is InChI=1S/C6H14OSi/c1-4-5-6(2,3)8-7/h7H,4-5H2,1-3H3. The Kier molecular flexibility index (Phi) is 3.32. The average molecular weight is 130 g/mol. The molecule has 0 aliphatic rings. The van der Waals surface area contributed by atoms with Gasteiger partial charge in [0.05, 0.1) is 0 Å². The Hall–Kier alpha value is 0.177. The fraction of sp³-hybridized carbons (Fsp3) is 1.00. The third-order valence-electron chi connectivity index (χ3n) is 1.18. The second kappa shape index (κ2) is 3.25. The molecule has 0 fully saturated rings. The first-order valence-electron chi connectivity index (χ1n) is 3.03. The zero-order valence-electron chi connectivity index (χ0n) is 5.86. The van der Waals surface area contributed by atoms with E-state index in [4.69, 9.17) is 4.80 Å². The van der Waals surface area contributed by atoms with Gasteiger partial charge in [-0.05, 0) is 11.5 Å². The maximum Gasteiger partial charge on any atom is 0.230 e. The fourth-order valence-corrected chi connectivity index (χ4v) is 1.04. The Morgan fingerprint density at radius 1 is 1.50 bits per heavy atom. The quantitative estimate of drug-likeness (QED) is 0.575. The summed E-state index contributed by atoms with van der Waals surface area (Å²) < 4.78 is 0. The van der Waals surface area contributed by atoms with Gasteiger partial charge in [0.1, 0.15) is 0 Å². The molecule has 0 aromatic heterocycles. The van der Waals surface area contributed by atoms with E-state index in [0.29, 0.717) is 0 Å². The van der Waals surface area contributed by atoms with Crippen molar-refractivity contribution in [1.82, 2.24) is 0 Å². The normalized spacial score (nSPS) is 12.0. The molecule has 1 nitrogen and oxygen atoms in total. The predicted molar refractivity (Wildman–Crippen MR) is 36.9 cm³/mol. The largest absolute Gasteiger partial charge is 0.431 e. The third-order valence-corrected chi connectivity index (χ3v) is 2.03. The van der Waals surface area contributed by atoms with Crippen molar-refractivity contribution < 1.29 is 4.80 Å². The Bertz CT molecular complexity index is 61.5. The minimum absolute atomic E-state index is 0.0913. The van der Waals surface area contributed by atoms with Crippen molar-refractivity contribution in [1.29, 1.82) is 0 Å². The summed E-state index contributed by atoms with van der Waals surface area (Å²) in [6.07, 6.45) is 2.29. The van der Waals surface area contributed by atoms with Gasteiger partial charge < -0.3 is 4.80 Å². The molecule has 0 saturated heterocycles. The van der Waals surface area contributed by atoms with Gasteiger partial charge in [-0.3, -0.25) is 0 Å². The summed E-state index contributed by atoms with van der Waals surface area (Å²) in [5, 5.41) is 0.175. The van der Waals surface area contributed by atoms with Gasteiger partial charge in [-0.15, -0.1) is 0 Å². The molecule has 0 aliphatic carbocycles. The molecule has 2 radical (unpaired) electrons. The summed E-state index contributed by atoms with van der Waals surface area (Å²) >= 11 is 0. The third kappa shape index (κ3) is 3.21. The highest BCUT2D eigenvalue weighted by atomic mass is 28.2. The van der Waals surface area contributed by atoms with Gasteiger partial charge in [0.2, 0.25) is 9.76 Å². The summed E-state index contributed by atoms with van der Waals surface area (Å²) in [4.78, 5) is 8.75. The lowest BCUT2D eigenvalue weighted by molar-refractivity contribution is 0.497.